The standard InChI is InChI=1S/C15H12N2O2/c1-19-11-3-5-12-10(8-11)2-4-13(14(12)9-18)15-6-7-16-17-15/h2-9H,1H3,(H,16,17). The predicted octanol–water partition coefficient (Wildman–Crippen LogP) is 3.05. The lowest BCUT2D eigenvalue weighted by Crippen LogP contribution is -1.91. The van der Waals surface area contributed by atoms with Gasteiger partial charge in [0, 0.05) is 17.3 Å². The topological polar surface area (TPSA) is 55.0 Å². The molecule has 0 unspecified atom stereocenters. The molecule has 94 valence electrons. The molecule has 2 aromatic carbocycles. The number of carbonyl (C=O) groups excluding carboxylic acids is 1. The van der Waals surface area contributed by atoms with Crippen LogP contribution in [0.2, 0.25) is 0 Å². The fourth-order valence-corrected chi connectivity index (χ4v) is 2.23. The van der Waals surface area contributed by atoms with Crippen molar-refractivity contribution < 1.29 is 9.53 Å². The van der Waals surface area contributed by atoms with Gasteiger partial charge in [0.25, 0.3) is 0 Å². The summed E-state index contributed by atoms with van der Waals surface area (Å²) in [5.41, 5.74) is 2.34. The Hall–Kier alpha value is -2.62. The molecule has 0 fully saturated rings. The summed E-state index contributed by atoms with van der Waals surface area (Å²) in [5.74, 6) is 0.777. The summed E-state index contributed by atoms with van der Waals surface area (Å²) in [7, 11) is 1.63. The minimum atomic E-state index is 0.657. The van der Waals surface area contributed by atoms with E-state index in [0.717, 1.165) is 34.1 Å². The second-order valence-corrected chi connectivity index (χ2v) is 4.20. The van der Waals surface area contributed by atoms with E-state index in [1.165, 1.54) is 0 Å². The van der Waals surface area contributed by atoms with Gasteiger partial charge in [-0.25, -0.2) is 0 Å². The molecule has 0 amide bonds. The van der Waals surface area contributed by atoms with Crippen LogP contribution in [-0.4, -0.2) is 23.6 Å². The molecule has 1 aromatic heterocycles. The molecular weight excluding hydrogens is 240 g/mol. The average Bonchev–Trinajstić information content (AvgIpc) is 2.99. The number of H-pyrrole nitrogens is 1. The molecule has 0 saturated heterocycles. The van der Waals surface area contributed by atoms with Crippen molar-refractivity contribution in [3.05, 3.63) is 48.2 Å². The molecule has 4 heteroatoms. The molecular formula is C15H12N2O2. The van der Waals surface area contributed by atoms with Crippen LogP contribution in [0.15, 0.2) is 42.6 Å². The van der Waals surface area contributed by atoms with Crippen molar-refractivity contribution in [2.24, 2.45) is 0 Å². The van der Waals surface area contributed by atoms with Crippen LogP contribution in [0.5, 0.6) is 5.75 Å². The highest BCUT2D eigenvalue weighted by Gasteiger charge is 2.10. The van der Waals surface area contributed by atoms with E-state index in [4.69, 9.17) is 4.74 Å². The van der Waals surface area contributed by atoms with Crippen molar-refractivity contribution in [3.8, 4) is 17.0 Å². The number of fused-ring (bicyclic) bond motifs is 1. The van der Waals surface area contributed by atoms with E-state index in [1.807, 2.05) is 36.4 Å². The first kappa shape index (κ1) is 11.5. The van der Waals surface area contributed by atoms with E-state index >= 15 is 0 Å². The zero-order valence-corrected chi connectivity index (χ0v) is 10.4. The number of aromatic amines is 1. The van der Waals surface area contributed by atoms with Crippen molar-refractivity contribution in [2.45, 2.75) is 0 Å². The zero-order valence-electron chi connectivity index (χ0n) is 10.4. The van der Waals surface area contributed by atoms with Crippen LogP contribution in [0.1, 0.15) is 10.4 Å². The van der Waals surface area contributed by atoms with Crippen molar-refractivity contribution in [3.63, 3.8) is 0 Å². The van der Waals surface area contributed by atoms with E-state index in [1.54, 1.807) is 13.3 Å². The third-order valence-corrected chi connectivity index (χ3v) is 3.18. The number of nitrogens with one attached hydrogen (secondary N) is 1. The fourth-order valence-electron chi connectivity index (χ4n) is 2.23. The Morgan fingerprint density at radius 2 is 2.11 bits per heavy atom. The molecule has 0 aliphatic carbocycles. The Kier molecular flexibility index (Phi) is 2.76. The molecule has 3 rings (SSSR count). The third kappa shape index (κ3) is 1.87. The molecule has 0 aliphatic rings. The summed E-state index contributed by atoms with van der Waals surface area (Å²) in [6.07, 6.45) is 2.55. The van der Waals surface area contributed by atoms with Crippen LogP contribution in [-0.2, 0) is 0 Å². The molecule has 3 aromatic rings. The minimum Gasteiger partial charge on any atom is -0.497 e. The number of aromatic nitrogens is 2. The van der Waals surface area contributed by atoms with E-state index in [-0.39, 0.29) is 0 Å². The van der Waals surface area contributed by atoms with Gasteiger partial charge in [0.1, 0.15) is 5.75 Å². The number of hydrogen-bond acceptors (Lipinski definition) is 3. The van der Waals surface area contributed by atoms with Crippen LogP contribution in [0, 0.1) is 0 Å². The van der Waals surface area contributed by atoms with Gasteiger partial charge in [0.15, 0.2) is 6.29 Å². The molecule has 0 radical (unpaired) electrons. The Labute approximate surface area is 110 Å². The molecule has 1 N–H and O–H groups in total. The van der Waals surface area contributed by atoms with Crippen molar-refractivity contribution in [1.29, 1.82) is 0 Å². The summed E-state index contributed by atoms with van der Waals surface area (Å²) in [5, 5.41) is 8.68. The van der Waals surface area contributed by atoms with Crippen molar-refractivity contribution in [2.75, 3.05) is 7.11 Å². The third-order valence-electron chi connectivity index (χ3n) is 3.18. The molecule has 4 nitrogen and oxygen atoms in total. The Morgan fingerprint density at radius 3 is 2.79 bits per heavy atom. The monoisotopic (exact) mass is 252 g/mol. The normalized spacial score (nSPS) is 10.6. The second-order valence-electron chi connectivity index (χ2n) is 4.20. The van der Waals surface area contributed by atoms with E-state index in [2.05, 4.69) is 10.2 Å². The van der Waals surface area contributed by atoms with Gasteiger partial charge in [-0.05, 0) is 35.0 Å². The fraction of sp³-hybridized carbons (Fsp3) is 0.0667. The summed E-state index contributed by atoms with van der Waals surface area (Å²) in [6, 6.07) is 11.4. The first-order chi connectivity index (χ1) is 9.33. The van der Waals surface area contributed by atoms with Crippen LogP contribution in [0.3, 0.4) is 0 Å². The lowest BCUT2D eigenvalue weighted by atomic mass is 9.98. The second kappa shape index (κ2) is 4.57. The van der Waals surface area contributed by atoms with Gasteiger partial charge >= 0.3 is 0 Å². The summed E-state index contributed by atoms with van der Waals surface area (Å²) in [4.78, 5) is 11.4. The van der Waals surface area contributed by atoms with Crippen LogP contribution in [0.4, 0.5) is 0 Å². The number of methoxy groups -OCH3 is 1. The Morgan fingerprint density at radius 1 is 1.21 bits per heavy atom. The molecule has 0 atom stereocenters. The number of benzene rings is 2. The van der Waals surface area contributed by atoms with Crippen LogP contribution in [0.25, 0.3) is 22.0 Å². The van der Waals surface area contributed by atoms with E-state index in [0.29, 0.717) is 5.56 Å². The maximum atomic E-state index is 11.4. The largest absolute Gasteiger partial charge is 0.497 e. The Bertz CT molecular complexity index is 733. The molecule has 1 heterocycles. The SMILES string of the molecule is COc1ccc2c(C=O)c(-c3ccn[nH]3)ccc2c1. The highest BCUT2D eigenvalue weighted by molar-refractivity contribution is 6.04. The quantitative estimate of drug-likeness (QED) is 0.729. The van der Waals surface area contributed by atoms with Crippen LogP contribution >= 0.6 is 0 Å². The highest BCUT2D eigenvalue weighted by Crippen LogP contribution is 2.30. The summed E-state index contributed by atoms with van der Waals surface area (Å²) < 4.78 is 5.19. The van der Waals surface area contributed by atoms with Crippen molar-refractivity contribution in [1.82, 2.24) is 10.2 Å². The Balaban J connectivity index is 2.29. The molecule has 0 spiro atoms. The lowest BCUT2D eigenvalue weighted by molar-refractivity contribution is 0.112. The number of nitrogens with zero attached hydrogens (tertiary/aromatic N) is 1. The van der Waals surface area contributed by atoms with Crippen LogP contribution < -0.4 is 4.74 Å². The van der Waals surface area contributed by atoms with Crippen molar-refractivity contribution >= 4 is 17.1 Å². The van der Waals surface area contributed by atoms with Gasteiger partial charge in [-0.15, -0.1) is 0 Å². The van der Waals surface area contributed by atoms with Gasteiger partial charge in [-0.2, -0.15) is 5.10 Å². The summed E-state index contributed by atoms with van der Waals surface area (Å²) in [6.45, 7) is 0. The van der Waals surface area contributed by atoms with Gasteiger partial charge in [0.05, 0.1) is 12.8 Å². The lowest BCUT2D eigenvalue weighted by Gasteiger charge is -2.08. The van der Waals surface area contributed by atoms with Gasteiger partial charge in [-0.1, -0.05) is 12.1 Å². The molecule has 0 aliphatic heterocycles. The maximum absolute atomic E-state index is 11.4. The number of carbonyl (C=O) groups is 1. The number of rotatable bonds is 3. The molecule has 19 heavy (non-hydrogen) atoms. The maximum Gasteiger partial charge on any atom is 0.151 e. The zero-order chi connectivity index (χ0) is 13.2. The summed E-state index contributed by atoms with van der Waals surface area (Å²) >= 11 is 0. The van der Waals surface area contributed by atoms with Gasteiger partial charge < -0.3 is 4.74 Å². The smallest absolute Gasteiger partial charge is 0.151 e. The number of ether oxygens (including phenoxy) is 1. The average molecular weight is 252 g/mol. The van der Waals surface area contributed by atoms with Gasteiger partial charge in [-0.3, -0.25) is 9.89 Å². The van der Waals surface area contributed by atoms with E-state index in [9.17, 15) is 4.79 Å². The highest BCUT2D eigenvalue weighted by atomic mass is 16.5. The minimum absolute atomic E-state index is 0.657. The number of hydrogen-bond donors (Lipinski definition) is 1. The molecule has 0 saturated carbocycles. The number of aldehydes is 1. The predicted molar refractivity (Wildman–Crippen MR) is 73.5 cm³/mol. The van der Waals surface area contributed by atoms with Gasteiger partial charge in [0.2, 0.25) is 0 Å². The first-order valence-corrected chi connectivity index (χ1v) is 5.89. The first-order valence-electron chi connectivity index (χ1n) is 5.89. The molecule has 0 bridgehead atoms. The van der Waals surface area contributed by atoms with E-state index < -0.39 is 0 Å².